The molecule has 1 aliphatic heterocycles. The number of carbonyl (C=O) groups is 2. The van der Waals surface area contributed by atoms with Crippen LogP contribution in [-0.4, -0.2) is 62.6 Å². The standard InChI is InChI=1S/C36H48ClN9O2/c1-3-26-16-24-8-9-27(17-24)31(26)19-34(48)38-12-15-45-13-10-30(11-14-45)46-23-29(21-41-46)43-36-40-22-32(37)35(44-36)39-20-25-6-5-7-28(18-25)42-33(47)4-2/h4-7,18,21-24,26-27,30-31H,2-3,8-17,19-20H2,1H3,(H,38,48)(H,42,47)(H2,39,40,43,44)/t24-,26+,27-,31?/m1/s1. The van der Waals surface area contributed by atoms with Gasteiger partial charge in [-0.15, -0.1) is 0 Å². The minimum atomic E-state index is -0.263. The van der Waals surface area contributed by atoms with Crippen LogP contribution in [0.25, 0.3) is 0 Å². The largest absolute Gasteiger partial charge is 0.365 e. The number of nitrogens with one attached hydrogen (secondary N) is 4. The van der Waals surface area contributed by atoms with Crippen molar-refractivity contribution in [2.75, 3.05) is 42.1 Å². The molecular weight excluding hydrogens is 626 g/mol. The van der Waals surface area contributed by atoms with E-state index < -0.39 is 0 Å². The molecule has 4 atom stereocenters. The number of amides is 2. The number of halogens is 1. The van der Waals surface area contributed by atoms with Gasteiger partial charge >= 0.3 is 0 Å². The maximum Gasteiger partial charge on any atom is 0.247 e. The molecular formula is C36H48ClN9O2. The van der Waals surface area contributed by atoms with Crippen molar-refractivity contribution >= 4 is 46.6 Å². The maximum absolute atomic E-state index is 12.9. The van der Waals surface area contributed by atoms with Crippen LogP contribution < -0.4 is 21.3 Å². The zero-order chi connectivity index (χ0) is 33.5. The summed E-state index contributed by atoms with van der Waals surface area (Å²) >= 11 is 6.39. The molecule has 3 fully saturated rings. The van der Waals surface area contributed by atoms with E-state index in [0.29, 0.717) is 53.9 Å². The number of hydrogen-bond acceptors (Lipinski definition) is 8. The third-order valence-electron chi connectivity index (χ3n) is 10.5. The number of hydrogen-bond donors (Lipinski definition) is 4. The Labute approximate surface area is 288 Å². The Morgan fingerprint density at radius 1 is 1.10 bits per heavy atom. The average Bonchev–Trinajstić information content (AvgIpc) is 3.73. The predicted molar refractivity (Wildman–Crippen MR) is 190 cm³/mol. The molecule has 6 rings (SSSR count). The van der Waals surface area contributed by atoms with Gasteiger partial charge in [-0.3, -0.25) is 14.3 Å². The molecule has 11 nitrogen and oxygen atoms in total. The second kappa shape index (κ2) is 16.0. The van der Waals surface area contributed by atoms with Gasteiger partial charge in [0.2, 0.25) is 17.8 Å². The zero-order valence-electron chi connectivity index (χ0n) is 27.8. The van der Waals surface area contributed by atoms with Crippen LogP contribution in [0.15, 0.2) is 55.5 Å². The molecule has 256 valence electrons. The third-order valence-corrected chi connectivity index (χ3v) is 10.8. The zero-order valence-corrected chi connectivity index (χ0v) is 28.6. The lowest BCUT2D eigenvalue weighted by Gasteiger charge is -2.36. The van der Waals surface area contributed by atoms with Crippen LogP contribution in [0.3, 0.4) is 0 Å². The van der Waals surface area contributed by atoms with Crippen LogP contribution in [0, 0.1) is 23.7 Å². The second-order valence-corrected chi connectivity index (χ2v) is 14.0. The molecule has 2 saturated carbocycles. The molecule has 3 aliphatic rings. The molecule has 3 heterocycles. The van der Waals surface area contributed by atoms with Gasteiger partial charge in [0, 0.05) is 51.0 Å². The van der Waals surface area contributed by atoms with E-state index in [4.69, 9.17) is 11.6 Å². The quantitative estimate of drug-likeness (QED) is 0.145. The smallest absolute Gasteiger partial charge is 0.247 e. The van der Waals surface area contributed by atoms with Gasteiger partial charge in [0.15, 0.2) is 5.82 Å². The highest BCUT2D eigenvalue weighted by Crippen LogP contribution is 2.50. The summed E-state index contributed by atoms with van der Waals surface area (Å²) in [7, 11) is 0. The van der Waals surface area contributed by atoms with Gasteiger partial charge in [0.25, 0.3) is 0 Å². The highest BCUT2D eigenvalue weighted by atomic mass is 35.5. The predicted octanol–water partition coefficient (Wildman–Crippen LogP) is 6.41. The molecule has 2 amide bonds. The Hall–Kier alpha value is -3.96. The van der Waals surface area contributed by atoms with E-state index >= 15 is 0 Å². The van der Waals surface area contributed by atoms with Gasteiger partial charge < -0.3 is 26.2 Å². The summed E-state index contributed by atoms with van der Waals surface area (Å²) in [5.74, 6) is 3.88. The second-order valence-electron chi connectivity index (χ2n) is 13.6. The molecule has 3 aromatic rings. The summed E-state index contributed by atoms with van der Waals surface area (Å²) in [5.41, 5.74) is 2.43. The lowest BCUT2D eigenvalue weighted by atomic mass is 9.70. The van der Waals surface area contributed by atoms with E-state index in [2.05, 4.69) is 54.7 Å². The Bertz CT molecular complexity index is 1570. The topological polar surface area (TPSA) is 129 Å². The number of carbonyl (C=O) groups excluding carboxylic acids is 2. The van der Waals surface area contributed by atoms with E-state index in [1.165, 1.54) is 38.2 Å². The van der Waals surface area contributed by atoms with E-state index in [-0.39, 0.29) is 11.8 Å². The first-order valence-electron chi connectivity index (χ1n) is 17.5. The monoisotopic (exact) mass is 673 g/mol. The van der Waals surface area contributed by atoms with E-state index in [1.807, 2.05) is 35.1 Å². The number of aromatic nitrogens is 4. The lowest BCUT2D eigenvalue weighted by molar-refractivity contribution is -0.123. The van der Waals surface area contributed by atoms with Crippen molar-refractivity contribution < 1.29 is 9.59 Å². The molecule has 0 spiro atoms. The molecule has 2 bridgehead atoms. The average molecular weight is 674 g/mol. The summed E-state index contributed by atoms with van der Waals surface area (Å²) in [6, 6.07) is 7.83. The number of benzene rings is 1. The number of rotatable bonds is 14. The van der Waals surface area contributed by atoms with Crippen LogP contribution in [-0.2, 0) is 16.1 Å². The molecule has 2 aromatic heterocycles. The number of anilines is 4. The van der Waals surface area contributed by atoms with Crippen LogP contribution in [0.2, 0.25) is 5.02 Å². The molecule has 0 radical (unpaired) electrons. The van der Waals surface area contributed by atoms with Crippen LogP contribution >= 0.6 is 11.6 Å². The van der Waals surface area contributed by atoms with E-state index in [0.717, 1.165) is 61.5 Å². The Kier molecular flexibility index (Phi) is 11.3. The first-order chi connectivity index (χ1) is 23.4. The van der Waals surface area contributed by atoms with E-state index in [1.54, 1.807) is 12.4 Å². The van der Waals surface area contributed by atoms with Crippen molar-refractivity contribution in [3.63, 3.8) is 0 Å². The van der Waals surface area contributed by atoms with Gasteiger partial charge in [0.1, 0.15) is 5.02 Å². The van der Waals surface area contributed by atoms with Crippen LogP contribution in [0.1, 0.15) is 69.9 Å². The van der Waals surface area contributed by atoms with E-state index in [9.17, 15) is 9.59 Å². The fraction of sp³-hybridized carbons (Fsp3) is 0.528. The first kappa shape index (κ1) is 33.9. The maximum atomic E-state index is 12.9. The number of piperidine rings is 1. The molecule has 2 aliphatic carbocycles. The van der Waals surface area contributed by atoms with Crippen molar-refractivity contribution in [3.05, 3.63) is 66.1 Å². The van der Waals surface area contributed by atoms with Crippen molar-refractivity contribution in [3.8, 4) is 0 Å². The fourth-order valence-electron chi connectivity index (χ4n) is 7.98. The highest BCUT2D eigenvalue weighted by Gasteiger charge is 2.41. The SMILES string of the molecule is C=CC(=O)Nc1cccc(CNc2nc(Nc3cnn(C4CCN(CCNC(=O)CC5[C@@H]6CC[C@@H](C6)C[C@@H]5CC)CC4)c3)ncc2Cl)c1. The number of likely N-dealkylation sites (tertiary alicyclic amines) is 1. The van der Waals surface area contributed by atoms with Gasteiger partial charge in [-0.2, -0.15) is 10.1 Å². The molecule has 1 unspecified atom stereocenters. The third kappa shape index (κ3) is 8.73. The van der Waals surface area contributed by atoms with Gasteiger partial charge in [-0.25, -0.2) is 4.98 Å². The van der Waals surface area contributed by atoms with Gasteiger partial charge in [-0.1, -0.05) is 50.1 Å². The number of nitrogens with zero attached hydrogens (tertiary/aromatic N) is 5. The Morgan fingerprint density at radius 2 is 1.96 bits per heavy atom. The summed E-state index contributed by atoms with van der Waals surface area (Å²) in [5, 5.41) is 17.5. The summed E-state index contributed by atoms with van der Waals surface area (Å²) in [4.78, 5) is 35.8. The minimum absolute atomic E-state index is 0.240. The molecule has 1 aromatic carbocycles. The summed E-state index contributed by atoms with van der Waals surface area (Å²) in [6.45, 7) is 9.80. The minimum Gasteiger partial charge on any atom is -0.365 e. The molecule has 1 saturated heterocycles. The lowest BCUT2D eigenvalue weighted by Crippen LogP contribution is -2.41. The highest BCUT2D eigenvalue weighted by molar-refractivity contribution is 6.32. The fourth-order valence-corrected chi connectivity index (χ4v) is 8.13. The molecule has 48 heavy (non-hydrogen) atoms. The van der Waals surface area contributed by atoms with Gasteiger partial charge in [-0.05, 0) is 79.5 Å². The molecule has 12 heteroatoms. The van der Waals surface area contributed by atoms with Crippen molar-refractivity contribution in [2.45, 2.75) is 70.9 Å². The normalized spacial score (nSPS) is 22.6. The summed E-state index contributed by atoms with van der Waals surface area (Å²) < 4.78 is 2.02. The Morgan fingerprint density at radius 3 is 2.77 bits per heavy atom. The van der Waals surface area contributed by atoms with Crippen molar-refractivity contribution in [1.82, 2.24) is 30.0 Å². The van der Waals surface area contributed by atoms with Crippen LogP contribution in [0.4, 0.5) is 23.1 Å². The summed E-state index contributed by atoms with van der Waals surface area (Å²) in [6.07, 6.45) is 15.9. The Balaban J connectivity index is 0.930. The molecule has 4 N–H and O–H groups in total. The van der Waals surface area contributed by atoms with Crippen molar-refractivity contribution in [2.24, 2.45) is 23.7 Å². The van der Waals surface area contributed by atoms with Crippen LogP contribution in [0.5, 0.6) is 0 Å². The number of fused-ring (bicyclic) bond motifs is 2. The first-order valence-corrected chi connectivity index (χ1v) is 17.8. The van der Waals surface area contributed by atoms with Gasteiger partial charge in [0.05, 0.1) is 24.1 Å². The van der Waals surface area contributed by atoms with Crippen molar-refractivity contribution in [1.29, 1.82) is 0 Å².